The van der Waals surface area contributed by atoms with Crippen LogP contribution in [0, 0.1) is 6.92 Å². The molecule has 0 spiro atoms. The SMILES string of the molecule is CCc1cccc(C)c1NC(=O)CCN1C(=O)c2ccc(Cl)cc2C1=O. The van der Waals surface area contributed by atoms with Crippen LogP contribution in [0.4, 0.5) is 5.69 Å². The number of fused-ring (bicyclic) bond motifs is 1. The van der Waals surface area contributed by atoms with E-state index < -0.39 is 5.91 Å². The number of hydrogen-bond acceptors (Lipinski definition) is 3. The van der Waals surface area contributed by atoms with Gasteiger partial charge in [-0.15, -0.1) is 0 Å². The number of nitrogens with zero attached hydrogens (tertiary/aromatic N) is 1. The second kappa shape index (κ2) is 7.30. The van der Waals surface area contributed by atoms with Crippen molar-refractivity contribution in [2.75, 3.05) is 11.9 Å². The molecular weight excluding hydrogens is 352 g/mol. The van der Waals surface area contributed by atoms with Gasteiger partial charge in [-0.25, -0.2) is 0 Å². The molecule has 1 aliphatic heterocycles. The minimum absolute atomic E-state index is 0.0309. The van der Waals surface area contributed by atoms with Gasteiger partial charge in [0.05, 0.1) is 11.1 Å². The zero-order valence-corrected chi connectivity index (χ0v) is 15.4. The Morgan fingerprint density at radius 3 is 2.58 bits per heavy atom. The monoisotopic (exact) mass is 370 g/mol. The Morgan fingerprint density at radius 2 is 1.85 bits per heavy atom. The number of halogens is 1. The first-order chi connectivity index (χ1) is 12.4. The lowest BCUT2D eigenvalue weighted by atomic mass is 10.1. The lowest BCUT2D eigenvalue weighted by molar-refractivity contribution is -0.116. The number of rotatable bonds is 5. The van der Waals surface area contributed by atoms with Gasteiger partial charge in [-0.1, -0.05) is 36.7 Å². The largest absolute Gasteiger partial charge is 0.326 e. The maximum absolute atomic E-state index is 12.4. The van der Waals surface area contributed by atoms with Crippen molar-refractivity contribution in [2.45, 2.75) is 26.7 Å². The van der Waals surface area contributed by atoms with Crippen LogP contribution in [-0.4, -0.2) is 29.2 Å². The van der Waals surface area contributed by atoms with Crippen molar-refractivity contribution >= 4 is 35.0 Å². The van der Waals surface area contributed by atoms with E-state index in [1.54, 1.807) is 12.1 Å². The lowest BCUT2D eigenvalue weighted by Crippen LogP contribution is -2.33. The van der Waals surface area contributed by atoms with Gasteiger partial charge >= 0.3 is 0 Å². The number of amides is 3. The minimum Gasteiger partial charge on any atom is -0.326 e. The highest BCUT2D eigenvalue weighted by atomic mass is 35.5. The zero-order chi connectivity index (χ0) is 18.8. The fourth-order valence-electron chi connectivity index (χ4n) is 3.08. The molecule has 0 aliphatic carbocycles. The summed E-state index contributed by atoms with van der Waals surface area (Å²) < 4.78 is 0. The molecule has 3 rings (SSSR count). The summed E-state index contributed by atoms with van der Waals surface area (Å²) in [4.78, 5) is 38.2. The molecule has 5 nitrogen and oxygen atoms in total. The van der Waals surface area contributed by atoms with Crippen molar-refractivity contribution in [3.05, 3.63) is 63.7 Å². The van der Waals surface area contributed by atoms with Crippen LogP contribution in [0.15, 0.2) is 36.4 Å². The molecule has 0 unspecified atom stereocenters. The predicted molar refractivity (Wildman–Crippen MR) is 101 cm³/mol. The molecule has 1 aliphatic rings. The van der Waals surface area contributed by atoms with Crippen molar-refractivity contribution in [2.24, 2.45) is 0 Å². The first-order valence-electron chi connectivity index (χ1n) is 8.46. The molecule has 134 valence electrons. The molecule has 2 aromatic rings. The van der Waals surface area contributed by atoms with Crippen LogP contribution in [0.25, 0.3) is 0 Å². The Kier molecular flexibility index (Phi) is 5.09. The molecule has 6 heteroatoms. The maximum atomic E-state index is 12.4. The normalized spacial score (nSPS) is 13.1. The molecule has 1 N–H and O–H groups in total. The summed E-state index contributed by atoms with van der Waals surface area (Å²) in [6.45, 7) is 3.99. The Bertz CT molecular complexity index is 908. The summed E-state index contributed by atoms with van der Waals surface area (Å²) >= 11 is 5.90. The number of benzene rings is 2. The van der Waals surface area contributed by atoms with Crippen molar-refractivity contribution in [3.63, 3.8) is 0 Å². The Labute approximate surface area is 156 Å². The third-order valence-electron chi connectivity index (χ3n) is 4.50. The first kappa shape index (κ1) is 18.1. The Balaban J connectivity index is 1.68. The highest BCUT2D eigenvalue weighted by Gasteiger charge is 2.35. The van der Waals surface area contributed by atoms with Gasteiger partial charge in [0.15, 0.2) is 0 Å². The van der Waals surface area contributed by atoms with E-state index in [9.17, 15) is 14.4 Å². The van der Waals surface area contributed by atoms with Gasteiger partial charge in [0.1, 0.15) is 0 Å². The average molecular weight is 371 g/mol. The highest BCUT2D eigenvalue weighted by molar-refractivity contribution is 6.32. The van der Waals surface area contributed by atoms with E-state index in [0.29, 0.717) is 10.6 Å². The van der Waals surface area contributed by atoms with Gasteiger partial charge in [-0.2, -0.15) is 0 Å². The third kappa shape index (κ3) is 3.35. The molecule has 0 saturated heterocycles. The minimum atomic E-state index is -0.412. The van der Waals surface area contributed by atoms with E-state index in [-0.39, 0.29) is 30.3 Å². The average Bonchev–Trinajstić information content (AvgIpc) is 2.85. The van der Waals surface area contributed by atoms with Crippen LogP contribution in [0.1, 0.15) is 45.2 Å². The summed E-state index contributed by atoms with van der Waals surface area (Å²) in [5.74, 6) is -1.03. The van der Waals surface area contributed by atoms with E-state index in [1.807, 2.05) is 32.0 Å². The summed E-state index contributed by atoms with van der Waals surface area (Å²) in [6.07, 6.45) is 0.840. The van der Waals surface area contributed by atoms with E-state index in [0.717, 1.165) is 28.1 Å². The highest BCUT2D eigenvalue weighted by Crippen LogP contribution is 2.26. The Hall–Kier alpha value is -2.66. The van der Waals surface area contributed by atoms with Gasteiger partial charge < -0.3 is 5.32 Å². The van der Waals surface area contributed by atoms with Crippen molar-refractivity contribution in [1.29, 1.82) is 0 Å². The molecule has 0 radical (unpaired) electrons. The van der Waals surface area contributed by atoms with Gasteiger partial charge in [0.25, 0.3) is 11.8 Å². The van der Waals surface area contributed by atoms with Crippen molar-refractivity contribution < 1.29 is 14.4 Å². The van der Waals surface area contributed by atoms with Crippen LogP contribution >= 0.6 is 11.6 Å². The lowest BCUT2D eigenvalue weighted by Gasteiger charge is -2.15. The predicted octanol–water partition coefficient (Wildman–Crippen LogP) is 3.84. The van der Waals surface area contributed by atoms with Crippen LogP contribution in [-0.2, 0) is 11.2 Å². The molecule has 0 fully saturated rings. The van der Waals surface area contributed by atoms with Gasteiger partial charge in [-0.3, -0.25) is 19.3 Å². The fourth-order valence-corrected chi connectivity index (χ4v) is 3.26. The third-order valence-corrected chi connectivity index (χ3v) is 4.73. The smallest absolute Gasteiger partial charge is 0.261 e. The van der Waals surface area contributed by atoms with Crippen molar-refractivity contribution in [3.8, 4) is 0 Å². The molecule has 0 aromatic heterocycles. The molecule has 0 bridgehead atoms. The second-order valence-corrected chi connectivity index (χ2v) is 6.65. The molecule has 3 amide bonds. The summed E-state index contributed by atoms with van der Waals surface area (Å²) in [6, 6.07) is 10.5. The molecule has 1 heterocycles. The maximum Gasteiger partial charge on any atom is 0.261 e. The fraction of sp³-hybridized carbons (Fsp3) is 0.250. The zero-order valence-electron chi connectivity index (χ0n) is 14.6. The number of carbonyl (C=O) groups is 3. The standard InChI is InChI=1S/C20H19ClN2O3/c1-3-13-6-4-5-12(2)18(13)22-17(24)9-10-23-19(25)15-8-7-14(21)11-16(15)20(23)26/h4-8,11H,3,9-10H2,1-2H3,(H,22,24). The Morgan fingerprint density at radius 1 is 1.12 bits per heavy atom. The number of carbonyl (C=O) groups excluding carboxylic acids is 3. The van der Waals surface area contributed by atoms with Crippen LogP contribution < -0.4 is 5.32 Å². The van der Waals surface area contributed by atoms with Crippen LogP contribution in [0.2, 0.25) is 5.02 Å². The number of aryl methyl sites for hydroxylation is 2. The van der Waals surface area contributed by atoms with Gasteiger partial charge in [0.2, 0.25) is 5.91 Å². The molecule has 2 aromatic carbocycles. The number of anilines is 1. The van der Waals surface area contributed by atoms with E-state index in [2.05, 4.69) is 5.32 Å². The van der Waals surface area contributed by atoms with E-state index in [4.69, 9.17) is 11.6 Å². The van der Waals surface area contributed by atoms with Crippen LogP contribution in [0.3, 0.4) is 0 Å². The number of nitrogens with one attached hydrogen (secondary N) is 1. The van der Waals surface area contributed by atoms with Crippen molar-refractivity contribution in [1.82, 2.24) is 4.90 Å². The summed E-state index contributed by atoms with van der Waals surface area (Å²) in [5.41, 5.74) is 3.44. The number of para-hydroxylation sites is 1. The van der Waals surface area contributed by atoms with Gasteiger partial charge in [-0.05, 0) is 42.7 Å². The molecule has 0 atom stereocenters. The van der Waals surface area contributed by atoms with E-state index >= 15 is 0 Å². The summed E-state index contributed by atoms with van der Waals surface area (Å²) in [7, 11) is 0. The first-order valence-corrected chi connectivity index (χ1v) is 8.84. The van der Waals surface area contributed by atoms with Crippen LogP contribution in [0.5, 0.6) is 0 Å². The summed E-state index contributed by atoms with van der Waals surface area (Å²) in [5, 5.41) is 3.30. The number of imide groups is 1. The molecule has 26 heavy (non-hydrogen) atoms. The van der Waals surface area contributed by atoms with E-state index in [1.165, 1.54) is 6.07 Å². The number of hydrogen-bond donors (Lipinski definition) is 1. The van der Waals surface area contributed by atoms with Gasteiger partial charge in [0, 0.05) is 23.7 Å². The second-order valence-electron chi connectivity index (χ2n) is 6.21. The topological polar surface area (TPSA) is 66.5 Å². The quantitative estimate of drug-likeness (QED) is 0.813. The molecule has 0 saturated carbocycles. The molecular formula is C20H19ClN2O3.